The summed E-state index contributed by atoms with van der Waals surface area (Å²) in [6.07, 6.45) is 59.4. The van der Waals surface area contributed by atoms with Crippen LogP contribution in [0.1, 0.15) is 277 Å². The van der Waals surface area contributed by atoms with Crippen LogP contribution in [-0.4, -0.2) is 73.4 Å². The lowest BCUT2D eigenvalue weighted by Gasteiger charge is -2.26. The number of carbonyl (C=O) groups is 1. The second-order valence-corrected chi connectivity index (χ2v) is 22.1. The van der Waals surface area contributed by atoms with Gasteiger partial charge in [-0.2, -0.15) is 0 Å². The molecule has 9 heteroatoms. The minimum absolute atomic E-state index is 0.0750. The van der Waals surface area contributed by atoms with Gasteiger partial charge in [0.1, 0.15) is 13.2 Å². The Bertz CT molecular complexity index is 1110. The van der Waals surface area contributed by atoms with Crippen LogP contribution in [0.5, 0.6) is 0 Å². The van der Waals surface area contributed by atoms with E-state index in [0.717, 1.165) is 44.9 Å². The molecule has 0 aromatic heterocycles. The highest BCUT2D eigenvalue weighted by molar-refractivity contribution is 7.47. The van der Waals surface area contributed by atoms with Gasteiger partial charge < -0.3 is 19.8 Å². The number of aliphatic hydroxyl groups is 1. The monoisotopic (exact) mass is 940 g/mol. The Labute approximate surface area is 404 Å². The van der Waals surface area contributed by atoms with Crippen LogP contribution in [0.25, 0.3) is 0 Å². The first-order chi connectivity index (χ1) is 31.5. The van der Waals surface area contributed by atoms with Crippen LogP contribution in [0, 0.1) is 0 Å². The Morgan fingerprint density at radius 1 is 0.523 bits per heavy atom. The second-order valence-electron chi connectivity index (χ2n) is 20.7. The molecule has 0 aromatic rings. The second kappa shape index (κ2) is 48.0. The van der Waals surface area contributed by atoms with Crippen molar-refractivity contribution in [1.82, 2.24) is 5.32 Å². The van der Waals surface area contributed by atoms with E-state index in [1.807, 2.05) is 21.1 Å². The number of phosphoric ester groups is 1. The fourth-order valence-corrected chi connectivity index (χ4v) is 9.23. The number of amides is 1. The smallest absolute Gasteiger partial charge is 0.391 e. The highest BCUT2D eigenvalue weighted by Gasteiger charge is 2.28. The molecule has 0 bridgehead atoms. The van der Waals surface area contributed by atoms with Crippen LogP contribution in [0.15, 0.2) is 24.3 Å². The number of aliphatic hydroxyl groups excluding tert-OH is 1. The van der Waals surface area contributed by atoms with Gasteiger partial charge in [0.05, 0.1) is 39.9 Å². The number of quaternary nitrogens is 1. The molecular formula is C56H112N2O6P+. The molecular weight excluding hydrogens is 828 g/mol. The number of likely N-dealkylation sites (N-methyl/N-ethyl adjacent to an activating group) is 1. The molecule has 3 atom stereocenters. The Kier molecular flexibility index (Phi) is 47.3. The van der Waals surface area contributed by atoms with Crippen molar-refractivity contribution in [3.63, 3.8) is 0 Å². The molecule has 0 aliphatic heterocycles. The summed E-state index contributed by atoms with van der Waals surface area (Å²) in [5.74, 6) is -0.145. The van der Waals surface area contributed by atoms with Gasteiger partial charge in [0, 0.05) is 6.42 Å². The SMILES string of the molecule is CCCCC/C=C\C/C=C\CCCCCCCCCCCC(=O)NC(COP(=O)(O)OCC[N+](C)(C)C)C(O)CCCCCCCCCCCCCCCCCCCCCCCCCC. The molecule has 1 amide bonds. The summed E-state index contributed by atoms with van der Waals surface area (Å²) >= 11 is 0. The van der Waals surface area contributed by atoms with E-state index in [1.54, 1.807) is 0 Å². The summed E-state index contributed by atoms with van der Waals surface area (Å²) in [6.45, 7) is 4.90. The maximum Gasteiger partial charge on any atom is 0.472 e. The van der Waals surface area contributed by atoms with Crippen LogP contribution in [0.2, 0.25) is 0 Å². The lowest BCUT2D eigenvalue weighted by molar-refractivity contribution is -0.870. The maximum atomic E-state index is 13.0. The van der Waals surface area contributed by atoms with Gasteiger partial charge in [-0.05, 0) is 44.9 Å². The third-order valence-electron chi connectivity index (χ3n) is 13.0. The highest BCUT2D eigenvalue weighted by atomic mass is 31.2. The quantitative estimate of drug-likeness (QED) is 0.0243. The normalized spacial score (nSPS) is 14.1. The topological polar surface area (TPSA) is 105 Å². The van der Waals surface area contributed by atoms with Crippen LogP contribution < -0.4 is 5.32 Å². The molecule has 386 valence electrons. The van der Waals surface area contributed by atoms with Crippen molar-refractivity contribution in [2.24, 2.45) is 0 Å². The van der Waals surface area contributed by atoms with Crippen LogP contribution in [-0.2, 0) is 18.4 Å². The minimum Gasteiger partial charge on any atom is -0.391 e. The summed E-state index contributed by atoms with van der Waals surface area (Å²) < 4.78 is 23.8. The highest BCUT2D eigenvalue weighted by Crippen LogP contribution is 2.43. The van der Waals surface area contributed by atoms with Crippen LogP contribution >= 0.6 is 7.82 Å². The van der Waals surface area contributed by atoms with E-state index in [9.17, 15) is 19.4 Å². The fourth-order valence-electron chi connectivity index (χ4n) is 8.49. The Balaban J connectivity index is 4.17. The lowest BCUT2D eigenvalue weighted by atomic mass is 10.0. The zero-order valence-electron chi connectivity index (χ0n) is 44.0. The number of allylic oxidation sites excluding steroid dienone is 4. The van der Waals surface area contributed by atoms with E-state index in [0.29, 0.717) is 23.9 Å². The number of hydrogen-bond acceptors (Lipinski definition) is 5. The molecule has 0 aliphatic carbocycles. The Morgan fingerprint density at radius 2 is 0.877 bits per heavy atom. The standard InChI is InChI=1S/C56H111N2O6P/c1-6-8-10-12-14-16-18-20-22-24-26-27-28-29-30-32-33-35-37-39-41-43-45-47-49-55(59)54(53-64-65(61,62)63-52-51-58(3,4)5)57-56(60)50-48-46-44-42-40-38-36-34-31-25-23-21-19-17-15-13-11-9-7-2/h15,17,21,23,54-55,59H,6-14,16,18-20,22,24-53H2,1-5H3,(H-,57,60,61,62)/p+1/b17-15-,23-21-. The Morgan fingerprint density at radius 3 is 1.29 bits per heavy atom. The number of phosphoric acid groups is 1. The number of rotatable bonds is 52. The van der Waals surface area contributed by atoms with E-state index < -0.39 is 20.0 Å². The molecule has 0 spiro atoms. The van der Waals surface area contributed by atoms with Crippen molar-refractivity contribution in [2.45, 2.75) is 289 Å². The van der Waals surface area contributed by atoms with Gasteiger partial charge in [-0.1, -0.05) is 250 Å². The van der Waals surface area contributed by atoms with Crippen LogP contribution in [0.4, 0.5) is 0 Å². The number of nitrogens with zero attached hydrogens (tertiary/aromatic N) is 1. The fraction of sp³-hybridized carbons (Fsp3) is 0.911. The predicted octanol–water partition coefficient (Wildman–Crippen LogP) is 16.8. The van der Waals surface area contributed by atoms with Crippen molar-refractivity contribution >= 4 is 13.7 Å². The molecule has 0 heterocycles. The third kappa shape index (κ3) is 50.7. The molecule has 0 aliphatic rings. The van der Waals surface area contributed by atoms with Crippen molar-refractivity contribution in [2.75, 3.05) is 40.9 Å². The van der Waals surface area contributed by atoms with E-state index in [1.165, 1.54) is 205 Å². The van der Waals surface area contributed by atoms with Crippen molar-refractivity contribution in [3.8, 4) is 0 Å². The summed E-state index contributed by atoms with van der Waals surface area (Å²) in [7, 11) is 1.62. The summed E-state index contributed by atoms with van der Waals surface area (Å²) in [4.78, 5) is 23.3. The molecule has 3 N–H and O–H groups in total. The molecule has 8 nitrogen and oxygen atoms in total. The number of nitrogens with one attached hydrogen (secondary N) is 1. The average Bonchev–Trinajstić information content (AvgIpc) is 3.26. The maximum absolute atomic E-state index is 13.0. The molecule has 0 rings (SSSR count). The zero-order chi connectivity index (χ0) is 47.8. The van der Waals surface area contributed by atoms with E-state index in [-0.39, 0.29) is 19.1 Å². The Hall–Kier alpha value is -1.02. The van der Waals surface area contributed by atoms with Crippen molar-refractivity contribution in [1.29, 1.82) is 0 Å². The van der Waals surface area contributed by atoms with E-state index >= 15 is 0 Å². The molecule has 65 heavy (non-hydrogen) atoms. The van der Waals surface area contributed by atoms with Gasteiger partial charge in [-0.25, -0.2) is 4.57 Å². The first-order valence-corrected chi connectivity index (χ1v) is 29.7. The van der Waals surface area contributed by atoms with Crippen LogP contribution in [0.3, 0.4) is 0 Å². The molecule has 0 aromatic carbocycles. The van der Waals surface area contributed by atoms with E-state index in [2.05, 4.69) is 43.5 Å². The average molecular weight is 940 g/mol. The molecule has 0 saturated carbocycles. The molecule has 0 saturated heterocycles. The predicted molar refractivity (Wildman–Crippen MR) is 281 cm³/mol. The van der Waals surface area contributed by atoms with Crippen molar-refractivity contribution < 1.29 is 32.9 Å². The summed E-state index contributed by atoms with van der Waals surface area (Å²) in [5.41, 5.74) is 0. The largest absolute Gasteiger partial charge is 0.472 e. The van der Waals surface area contributed by atoms with Gasteiger partial charge in [0.15, 0.2) is 0 Å². The van der Waals surface area contributed by atoms with Gasteiger partial charge in [-0.3, -0.25) is 13.8 Å². The minimum atomic E-state index is -4.32. The number of carbonyl (C=O) groups excluding carboxylic acids is 1. The number of unbranched alkanes of at least 4 members (excludes halogenated alkanes) is 35. The number of hydrogen-bond donors (Lipinski definition) is 3. The van der Waals surface area contributed by atoms with Gasteiger partial charge >= 0.3 is 7.82 Å². The zero-order valence-corrected chi connectivity index (χ0v) is 44.9. The van der Waals surface area contributed by atoms with Gasteiger partial charge in [-0.15, -0.1) is 0 Å². The molecule has 3 unspecified atom stereocenters. The lowest BCUT2D eigenvalue weighted by Crippen LogP contribution is -2.46. The first-order valence-electron chi connectivity index (χ1n) is 28.2. The molecule has 0 fully saturated rings. The van der Waals surface area contributed by atoms with Crippen molar-refractivity contribution in [3.05, 3.63) is 24.3 Å². The van der Waals surface area contributed by atoms with Gasteiger partial charge in [0.25, 0.3) is 0 Å². The summed E-state index contributed by atoms with van der Waals surface area (Å²) in [6, 6.07) is -0.762. The van der Waals surface area contributed by atoms with Gasteiger partial charge in [0.2, 0.25) is 5.91 Å². The summed E-state index contributed by atoms with van der Waals surface area (Å²) in [5, 5.41) is 14.1. The third-order valence-corrected chi connectivity index (χ3v) is 13.9. The first kappa shape index (κ1) is 64.0. The van der Waals surface area contributed by atoms with E-state index in [4.69, 9.17) is 9.05 Å². The molecule has 0 radical (unpaired) electrons.